The van der Waals surface area contributed by atoms with Crippen LogP contribution in [0, 0.1) is 0 Å². The Kier molecular flexibility index (Phi) is 9.58. The SMILES string of the molecule is C1CCNC1.O=S(=O)(Cl)c1ccccc1.O=S(=O)(c1ccccc1)N1CCCC1. The smallest absolute Gasteiger partial charge is 0.261 e. The van der Waals surface area contributed by atoms with Crippen molar-refractivity contribution in [2.45, 2.75) is 35.5 Å². The molecule has 0 amide bonds. The molecule has 2 aromatic carbocycles. The number of halogens is 1. The summed E-state index contributed by atoms with van der Waals surface area (Å²) in [5, 5.41) is 3.22. The van der Waals surface area contributed by atoms with Crippen LogP contribution in [0.25, 0.3) is 0 Å². The summed E-state index contributed by atoms with van der Waals surface area (Å²) < 4.78 is 46.7. The van der Waals surface area contributed by atoms with Crippen molar-refractivity contribution in [1.82, 2.24) is 9.62 Å². The number of hydrogen-bond acceptors (Lipinski definition) is 5. The van der Waals surface area contributed by atoms with Crippen molar-refractivity contribution in [1.29, 1.82) is 0 Å². The third-order valence-corrected chi connectivity index (χ3v) is 7.71. The van der Waals surface area contributed by atoms with Gasteiger partial charge in [0.25, 0.3) is 9.05 Å². The van der Waals surface area contributed by atoms with Crippen LogP contribution < -0.4 is 5.32 Å². The monoisotopic (exact) mass is 458 g/mol. The molecule has 0 saturated carbocycles. The van der Waals surface area contributed by atoms with Crippen LogP contribution in [0.15, 0.2) is 70.5 Å². The van der Waals surface area contributed by atoms with Gasteiger partial charge in [-0.3, -0.25) is 0 Å². The maximum Gasteiger partial charge on any atom is 0.261 e. The van der Waals surface area contributed by atoms with E-state index in [1.807, 2.05) is 6.07 Å². The summed E-state index contributed by atoms with van der Waals surface area (Å²) in [6.45, 7) is 3.83. The van der Waals surface area contributed by atoms with Gasteiger partial charge in [-0.15, -0.1) is 0 Å². The van der Waals surface area contributed by atoms with E-state index in [9.17, 15) is 16.8 Å². The molecule has 0 unspecified atom stereocenters. The number of sulfonamides is 1. The lowest BCUT2D eigenvalue weighted by molar-refractivity contribution is 0.477. The van der Waals surface area contributed by atoms with Crippen LogP contribution in [-0.4, -0.2) is 47.3 Å². The highest BCUT2D eigenvalue weighted by Gasteiger charge is 2.26. The summed E-state index contributed by atoms with van der Waals surface area (Å²) >= 11 is 0. The van der Waals surface area contributed by atoms with Crippen molar-refractivity contribution in [3.63, 3.8) is 0 Å². The van der Waals surface area contributed by atoms with Gasteiger partial charge in [-0.25, -0.2) is 16.8 Å². The Morgan fingerprint density at radius 3 is 1.48 bits per heavy atom. The number of rotatable bonds is 3. The summed E-state index contributed by atoms with van der Waals surface area (Å²) in [5.41, 5.74) is 0. The Morgan fingerprint density at radius 1 is 0.690 bits per heavy atom. The number of hydrogen-bond donors (Lipinski definition) is 1. The number of nitrogens with zero attached hydrogens (tertiary/aromatic N) is 1. The van der Waals surface area contributed by atoms with Crippen molar-refractivity contribution in [3.05, 3.63) is 60.7 Å². The molecule has 9 heteroatoms. The Labute approximate surface area is 178 Å². The van der Waals surface area contributed by atoms with Crippen LogP contribution in [0.4, 0.5) is 0 Å². The largest absolute Gasteiger partial charge is 0.317 e. The first-order valence-electron chi connectivity index (χ1n) is 9.57. The zero-order chi connectivity index (χ0) is 21.2. The molecule has 0 radical (unpaired) electrons. The van der Waals surface area contributed by atoms with Crippen LogP contribution in [0.3, 0.4) is 0 Å². The molecule has 1 N–H and O–H groups in total. The van der Waals surface area contributed by atoms with E-state index in [1.165, 1.54) is 38.1 Å². The van der Waals surface area contributed by atoms with Crippen LogP contribution in [0.2, 0.25) is 0 Å². The van der Waals surface area contributed by atoms with Crippen molar-refractivity contribution in [3.8, 4) is 0 Å². The minimum atomic E-state index is -3.53. The fraction of sp³-hybridized carbons (Fsp3) is 0.400. The normalized spacial score (nSPS) is 17.0. The van der Waals surface area contributed by atoms with E-state index >= 15 is 0 Å². The van der Waals surface area contributed by atoms with Gasteiger partial charge in [-0.1, -0.05) is 36.4 Å². The van der Waals surface area contributed by atoms with Gasteiger partial charge in [-0.05, 0) is 63.0 Å². The summed E-state index contributed by atoms with van der Waals surface area (Å²) in [6.07, 6.45) is 4.73. The van der Waals surface area contributed by atoms with Gasteiger partial charge in [0.1, 0.15) is 0 Å². The standard InChI is InChI=1S/C10H13NO2S.C6H5ClO2S.C4H9N/c12-14(13,11-8-4-5-9-11)10-6-2-1-3-7-10;7-10(8,9)6-4-2-1-3-5-6;1-2-4-5-3-1/h1-3,6-7H,4-5,8-9H2;1-5H;5H,1-4H2. The highest BCUT2D eigenvalue weighted by molar-refractivity contribution is 8.13. The topological polar surface area (TPSA) is 83.5 Å². The Hall–Kier alpha value is -1.45. The van der Waals surface area contributed by atoms with Gasteiger partial charge >= 0.3 is 0 Å². The lowest BCUT2D eigenvalue weighted by Crippen LogP contribution is -2.27. The minimum absolute atomic E-state index is 0.136. The highest BCUT2D eigenvalue weighted by Crippen LogP contribution is 2.19. The van der Waals surface area contributed by atoms with Crippen LogP contribution in [0.1, 0.15) is 25.7 Å². The second-order valence-corrected chi connectivity index (χ2v) is 11.1. The average Bonchev–Trinajstić information content (AvgIpc) is 3.46. The molecule has 6 nitrogen and oxygen atoms in total. The third kappa shape index (κ3) is 8.06. The lowest BCUT2D eigenvalue weighted by atomic mass is 10.4. The van der Waals surface area contributed by atoms with E-state index in [2.05, 4.69) is 5.32 Å². The Bertz CT molecular complexity index is 919. The molecule has 2 aliphatic rings. The summed E-state index contributed by atoms with van der Waals surface area (Å²) in [6, 6.07) is 16.5. The predicted molar refractivity (Wildman–Crippen MR) is 116 cm³/mol. The van der Waals surface area contributed by atoms with Crippen molar-refractivity contribution < 1.29 is 16.8 Å². The van der Waals surface area contributed by atoms with Crippen molar-refractivity contribution in [2.24, 2.45) is 0 Å². The molecule has 4 rings (SSSR count). The summed E-state index contributed by atoms with van der Waals surface area (Å²) in [5.74, 6) is 0. The van der Waals surface area contributed by atoms with Gasteiger partial charge in [0, 0.05) is 23.8 Å². The van der Waals surface area contributed by atoms with Gasteiger partial charge < -0.3 is 5.32 Å². The lowest BCUT2D eigenvalue weighted by Gasteiger charge is -2.14. The van der Waals surface area contributed by atoms with E-state index in [4.69, 9.17) is 10.7 Å². The molecule has 2 saturated heterocycles. The second-order valence-electron chi connectivity index (χ2n) is 6.63. The first kappa shape index (κ1) is 23.8. The Balaban J connectivity index is 0.000000173. The third-order valence-electron chi connectivity index (χ3n) is 4.43. The van der Waals surface area contributed by atoms with Crippen molar-refractivity contribution in [2.75, 3.05) is 26.2 Å². The zero-order valence-electron chi connectivity index (χ0n) is 16.2. The first-order valence-corrected chi connectivity index (χ1v) is 13.3. The van der Waals surface area contributed by atoms with E-state index in [1.54, 1.807) is 46.8 Å². The zero-order valence-corrected chi connectivity index (χ0v) is 18.6. The molecule has 0 aromatic heterocycles. The van der Waals surface area contributed by atoms with Crippen LogP contribution >= 0.6 is 10.7 Å². The van der Waals surface area contributed by atoms with E-state index in [-0.39, 0.29) is 4.90 Å². The van der Waals surface area contributed by atoms with Gasteiger partial charge in [0.2, 0.25) is 10.0 Å². The molecule has 2 heterocycles. The fourth-order valence-electron chi connectivity index (χ4n) is 2.88. The van der Waals surface area contributed by atoms with E-state index in [0.29, 0.717) is 18.0 Å². The predicted octanol–water partition coefficient (Wildman–Crippen LogP) is 3.46. The molecule has 160 valence electrons. The highest BCUT2D eigenvalue weighted by atomic mass is 35.7. The number of benzene rings is 2. The minimum Gasteiger partial charge on any atom is -0.317 e. The van der Waals surface area contributed by atoms with Gasteiger partial charge in [0.15, 0.2) is 0 Å². The van der Waals surface area contributed by atoms with Gasteiger partial charge in [0.05, 0.1) is 9.79 Å². The Morgan fingerprint density at radius 2 is 1.14 bits per heavy atom. The maximum atomic E-state index is 12.0. The first-order chi connectivity index (χ1) is 13.8. The number of nitrogens with one attached hydrogen (secondary N) is 1. The quantitative estimate of drug-likeness (QED) is 0.712. The van der Waals surface area contributed by atoms with Gasteiger partial charge in [-0.2, -0.15) is 4.31 Å². The molecule has 0 bridgehead atoms. The molecule has 0 aliphatic carbocycles. The molecule has 2 aliphatic heterocycles. The average molecular weight is 459 g/mol. The molecule has 2 fully saturated rings. The molecule has 0 spiro atoms. The van der Waals surface area contributed by atoms with Crippen LogP contribution in [-0.2, 0) is 19.1 Å². The van der Waals surface area contributed by atoms with Crippen molar-refractivity contribution >= 4 is 29.8 Å². The fourth-order valence-corrected chi connectivity index (χ4v) is 5.21. The summed E-state index contributed by atoms with van der Waals surface area (Å²) in [7, 11) is -1.71. The summed E-state index contributed by atoms with van der Waals surface area (Å²) in [4.78, 5) is 0.540. The molecule has 0 atom stereocenters. The maximum absolute atomic E-state index is 12.0. The van der Waals surface area contributed by atoms with E-state index < -0.39 is 19.1 Å². The molecular weight excluding hydrogens is 432 g/mol. The molecule has 29 heavy (non-hydrogen) atoms. The molecule has 2 aromatic rings. The van der Waals surface area contributed by atoms with Crippen LogP contribution in [0.5, 0.6) is 0 Å². The van der Waals surface area contributed by atoms with E-state index in [0.717, 1.165) is 12.8 Å². The second kappa shape index (κ2) is 11.7. The molecular formula is C20H27ClN2O4S2.